The van der Waals surface area contributed by atoms with Crippen molar-refractivity contribution in [1.29, 1.82) is 0 Å². The number of hydrogen-bond donors (Lipinski definition) is 0. The van der Waals surface area contributed by atoms with Crippen LogP contribution in [0.2, 0.25) is -2.06 Å². The molecule has 0 aliphatic heterocycles. The van der Waals surface area contributed by atoms with Gasteiger partial charge in [0.15, 0.2) is 5.78 Å². The molecule has 0 radical (unpaired) electrons. The third kappa shape index (κ3) is 10.2. The summed E-state index contributed by atoms with van der Waals surface area (Å²) in [6.07, 6.45) is 6.67. The summed E-state index contributed by atoms with van der Waals surface area (Å²) in [5.41, 5.74) is 2.18. The molecule has 35 heavy (non-hydrogen) atoms. The van der Waals surface area contributed by atoms with Crippen LogP contribution in [0.3, 0.4) is 0 Å². The van der Waals surface area contributed by atoms with Crippen molar-refractivity contribution in [3.63, 3.8) is 0 Å². The molecule has 0 N–H and O–H groups in total. The van der Waals surface area contributed by atoms with Gasteiger partial charge in [-0.3, -0.25) is 4.79 Å². The summed E-state index contributed by atoms with van der Waals surface area (Å²) >= 11 is 1.83. The average molecular weight is 1040 g/mol. The number of Topliss-reactive ketones (excluding diaryl/α,β-unsaturated/α-hetero) is 1. The van der Waals surface area contributed by atoms with E-state index in [1.807, 2.05) is 24.3 Å². The number of carbonyl (C=O) groups is 2. The maximum atomic E-state index is 13.5. The molecule has 0 aromatic heterocycles. The van der Waals surface area contributed by atoms with Crippen LogP contribution in [0.25, 0.3) is 0 Å². The van der Waals surface area contributed by atoms with E-state index in [0.29, 0.717) is 98.5 Å². The van der Waals surface area contributed by atoms with Gasteiger partial charge in [-0.15, -0.1) is 0 Å². The number of quaternary nitrogens is 1. The van der Waals surface area contributed by atoms with Crippen molar-refractivity contribution in [2.75, 3.05) is 27.2 Å². The van der Waals surface area contributed by atoms with Crippen LogP contribution in [0.1, 0.15) is 56.5 Å². The van der Waals surface area contributed by atoms with Gasteiger partial charge < -0.3 is 0 Å². The van der Waals surface area contributed by atoms with Crippen LogP contribution in [0.15, 0.2) is 61.2 Å². The second-order valence-corrected chi connectivity index (χ2v) is 72.6. The van der Waals surface area contributed by atoms with Crippen LogP contribution in [-0.4, -0.2) is 43.5 Å². The fourth-order valence-electron chi connectivity index (χ4n) is 4.41. The first-order chi connectivity index (χ1) is 16.0. The second kappa shape index (κ2) is 13.9. The Morgan fingerprint density at radius 3 is 2.06 bits per heavy atom. The fraction of sp³-hybridized carbons (Fsp3) is 0.500. The van der Waals surface area contributed by atoms with Crippen LogP contribution in [-0.2, 0) is 94.4 Å². The zero-order valence-corrected chi connectivity index (χ0v) is 39.3. The SMILES string of the molecule is C=C/C=C(\C=C)C(=O)c1ccc(C[N+](C)(C)CCOC(=O)C(CC)(CC(C)(C)C)[C]([Hg])([Hg])[Hg])cc1. The molecule has 0 heterocycles. The van der Waals surface area contributed by atoms with E-state index in [4.69, 9.17) is 4.74 Å². The minimum atomic E-state index is -0.259. The van der Waals surface area contributed by atoms with Gasteiger partial charge in [-0.1, -0.05) is 31.4 Å². The summed E-state index contributed by atoms with van der Waals surface area (Å²) in [4.78, 5) is 26.1. The Labute approximate surface area is 261 Å². The van der Waals surface area contributed by atoms with Crippen LogP contribution in [0.4, 0.5) is 0 Å². The van der Waals surface area contributed by atoms with Crippen LogP contribution >= 0.6 is 0 Å². The molecule has 7 heteroatoms. The molecule has 0 aliphatic carbocycles. The number of likely N-dealkylation sites (N-methyl/N-ethyl adjacent to an activating group) is 1. The monoisotopic (exact) mass is 1040 g/mol. The van der Waals surface area contributed by atoms with Crippen LogP contribution in [0, 0.1) is 10.8 Å². The van der Waals surface area contributed by atoms with Gasteiger partial charge in [0, 0.05) is 5.57 Å². The van der Waals surface area contributed by atoms with Gasteiger partial charge in [0.05, 0.1) is 0 Å². The molecule has 1 atom stereocenters. The van der Waals surface area contributed by atoms with Crippen molar-refractivity contribution in [3.8, 4) is 0 Å². The third-order valence-corrected chi connectivity index (χ3v) is 14.3. The molecule has 0 saturated heterocycles. The molecule has 0 bridgehead atoms. The van der Waals surface area contributed by atoms with Crippen LogP contribution < -0.4 is 0 Å². The molecule has 1 aromatic carbocycles. The number of ketones is 1. The molecule has 0 saturated carbocycles. The van der Waals surface area contributed by atoms with E-state index in [1.54, 1.807) is 18.2 Å². The normalized spacial score (nSPS) is 14.8. The molecule has 0 spiro atoms. The second-order valence-electron chi connectivity index (χ2n) is 11.5. The Bertz CT molecular complexity index is 938. The summed E-state index contributed by atoms with van der Waals surface area (Å²) in [6, 6.07) is 7.74. The van der Waals surface area contributed by atoms with E-state index < -0.39 is 0 Å². The quantitative estimate of drug-likeness (QED) is 0.0625. The summed E-state index contributed by atoms with van der Waals surface area (Å²) in [6.45, 7) is 18.3. The molecule has 1 rings (SSSR count). The number of allylic oxidation sites excluding steroid dienone is 4. The van der Waals surface area contributed by atoms with Gasteiger partial charge >= 0.3 is 217 Å². The molecular weight excluding hydrogens is 1000 g/mol. The zero-order valence-electron chi connectivity index (χ0n) is 22.8. The molecule has 0 fully saturated rings. The number of nitrogens with zero attached hydrogens (tertiary/aromatic N) is 1. The molecule has 0 aliphatic rings. The van der Waals surface area contributed by atoms with Crippen molar-refractivity contribution in [2.24, 2.45) is 10.8 Å². The van der Waals surface area contributed by atoms with Crippen molar-refractivity contribution in [1.82, 2.24) is 0 Å². The number of benzene rings is 1. The van der Waals surface area contributed by atoms with E-state index in [1.165, 1.54) is 0 Å². The van der Waals surface area contributed by atoms with Gasteiger partial charge in [0.2, 0.25) is 0 Å². The molecule has 0 amide bonds. The van der Waals surface area contributed by atoms with Crippen molar-refractivity contribution in [2.45, 2.75) is 45.0 Å². The van der Waals surface area contributed by atoms with Gasteiger partial charge in [-0.05, 0) is 0 Å². The number of carbonyl (C=O) groups excluding carboxylic acids is 2. The fourth-order valence-corrected chi connectivity index (χ4v) is 10.5. The average Bonchev–Trinajstić information content (AvgIpc) is 2.73. The Hall–Kier alpha value is 0.345. The van der Waals surface area contributed by atoms with E-state index >= 15 is 0 Å². The molecular formula is C28H39Hg3NO3+. The van der Waals surface area contributed by atoms with Gasteiger partial charge in [0.25, 0.3) is 0 Å². The Morgan fingerprint density at radius 2 is 1.63 bits per heavy atom. The Morgan fingerprint density at radius 1 is 1.06 bits per heavy atom. The Balaban J connectivity index is 2.86. The topological polar surface area (TPSA) is 43.4 Å². The third-order valence-electron chi connectivity index (χ3n) is 6.38. The van der Waals surface area contributed by atoms with Crippen LogP contribution in [0.5, 0.6) is 0 Å². The van der Waals surface area contributed by atoms with Gasteiger partial charge in [-0.2, -0.15) is 0 Å². The molecule has 4 nitrogen and oxygen atoms in total. The van der Waals surface area contributed by atoms with Crippen molar-refractivity contribution in [3.05, 3.63) is 72.4 Å². The first-order valence-electron chi connectivity index (χ1n) is 12.2. The van der Waals surface area contributed by atoms with Crippen molar-refractivity contribution < 1.29 is 97.2 Å². The minimum absolute atomic E-state index is 0.0570. The number of ether oxygens (including phenoxy) is 1. The number of esters is 1. The maximum absolute atomic E-state index is 13.5. The summed E-state index contributed by atoms with van der Waals surface area (Å²) in [5, 5.41) is 0. The van der Waals surface area contributed by atoms with E-state index in [-0.39, 0.29) is 22.6 Å². The predicted octanol–water partition coefficient (Wildman–Crippen LogP) is 5.83. The Kier molecular flexibility index (Phi) is 13.3. The van der Waals surface area contributed by atoms with Gasteiger partial charge in [0.1, 0.15) is 0 Å². The first kappa shape index (κ1) is 33.4. The molecule has 1 aromatic rings. The molecule has 179 valence electrons. The van der Waals surface area contributed by atoms with Gasteiger partial charge in [-0.25, -0.2) is 0 Å². The summed E-state index contributed by atoms with van der Waals surface area (Å²) < 4.78 is 7.12. The molecule has 1 unspecified atom stereocenters. The first-order valence-corrected chi connectivity index (χ1v) is 20.4. The summed E-state index contributed by atoms with van der Waals surface area (Å²) in [7, 11) is 4.31. The number of hydrogen-bond acceptors (Lipinski definition) is 3. The van der Waals surface area contributed by atoms with E-state index in [9.17, 15) is 9.59 Å². The standard InChI is InChI=1S/C28H39NO3.3Hg/c1-10-13-23(11-2)25(30)24-16-14-22(15-17-24)20-29(8,9)18-19-32-26(31)28(7,12-3)21-27(4,5)6;;;/h10-11,13-17H,1-2,12,18-21H2,3-6,8-9H3;;;/q+1;;;/b23-13+;;;. The van der Waals surface area contributed by atoms with E-state index in [0.717, 1.165) is 31.5 Å². The number of rotatable bonds is 13. The van der Waals surface area contributed by atoms with Crippen molar-refractivity contribution >= 4 is 11.8 Å². The zero-order chi connectivity index (χ0) is 27.1. The van der Waals surface area contributed by atoms with E-state index in [2.05, 4.69) is 54.9 Å². The predicted molar refractivity (Wildman–Crippen MR) is 130 cm³/mol. The summed E-state index contributed by atoms with van der Waals surface area (Å²) in [5.74, 6) is 0.00174.